The summed E-state index contributed by atoms with van der Waals surface area (Å²) in [6, 6.07) is 20.7. The minimum Gasteiger partial charge on any atom is -0.313 e. The lowest BCUT2D eigenvalue weighted by atomic mass is 10.2. The number of sulfone groups is 1. The first-order chi connectivity index (χ1) is 13.0. The largest absolute Gasteiger partial charge is 0.313 e. The highest BCUT2D eigenvalue weighted by Gasteiger charge is 2.19. The van der Waals surface area contributed by atoms with Crippen LogP contribution in [0.15, 0.2) is 77.8 Å². The van der Waals surface area contributed by atoms with Crippen molar-refractivity contribution < 1.29 is 8.42 Å². The average molecular weight is 396 g/mol. The Kier molecular flexibility index (Phi) is 4.63. The molecule has 4 aromatic rings. The molecule has 0 aliphatic carbocycles. The van der Waals surface area contributed by atoms with Crippen LogP contribution in [0.3, 0.4) is 0 Å². The van der Waals surface area contributed by atoms with Crippen LogP contribution >= 0.6 is 11.3 Å². The molecule has 0 radical (unpaired) electrons. The van der Waals surface area contributed by atoms with E-state index in [1.165, 1.54) is 17.6 Å². The maximum Gasteiger partial charge on any atom is 0.192 e. The minimum atomic E-state index is -3.32. The van der Waals surface area contributed by atoms with Crippen LogP contribution in [0.2, 0.25) is 0 Å². The minimum absolute atomic E-state index is 0.338. The fourth-order valence-corrected chi connectivity index (χ4v) is 4.78. The van der Waals surface area contributed by atoms with Gasteiger partial charge in [-0.2, -0.15) is 0 Å². The van der Waals surface area contributed by atoms with Gasteiger partial charge in [0.05, 0.1) is 11.4 Å². The zero-order chi connectivity index (χ0) is 18.9. The number of aromatic nitrogens is 2. The van der Waals surface area contributed by atoms with E-state index in [4.69, 9.17) is 4.98 Å². The molecule has 2 aromatic heterocycles. The van der Waals surface area contributed by atoms with Gasteiger partial charge in [0.25, 0.3) is 0 Å². The van der Waals surface area contributed by atoms with E-state index in [1.807, 2.05) is 59.5 Å². The Morgan fingerprint density at radius 3 is 2.44 bits per heavy atom. The van der Waals surface area contributed by atoms with Crippen molar-refractivity contribution in [3.63, 3.8) is 0 Å². The highest BCUT2D eigenvalue weighted by Crippen LogP contribution is 2.34. The molecule has 0 N–H and O–H groups in total. The van der Waals surface area contributed by atoms with Crippen LogP contribution in [-0.4, -0.2) is 24.6 Å². The van der Waals surface area contributed by atoms with E-state index < -0.39 is 9.84 Å². The van der Waals surface area contributed by atoms with E-state index in [9.17, 15) is 8.42 Å². The van der Waals surface area contributed by atoms with E-state index >= 15 is 0 Å². The maximum absolute atomic E-state index is 12.2. The molecule has 0 fully saturated rings. The van der Waals surface area contributed by atoms with Gasteiger partial charge in [-0.15, -0.1) is 0 Å². The summed E-state index contributed by atoms with van der Waals surface area (Å²) in [5.41, 5.74) is 2.51. The third-order valence-corrected chi connectivity index (χ3v) is 6.35. The molecule has 136 valence electrons. The van der Waals surface area contributed by atoms with Gasteiger partial charge in [0.15, 0.2) is 15.0 Å². The van der Waals surface area contributed by atoms with Gasteiger partial charge in [0.2, 0.25) is 0 Å². The summed E-state index contributed by atoms with van der Waals surface area (Å²) in [6.45, 7) is 0.396. The van der Waals surface area contributed by atoms with E-state index in [-0.39, 0.29) is 0 Å². The SMILES string of the molecule is CS(=O)(=O)c1ccccc1CN(c1ccccc1)c1nc2cccnc2s1. The maximum atomic E-state index is 12.2. The molecule has 0 spiro atoms. The number of fused-ring (bicyclic) bond motifs is 1. The zero-order valence-electron chi connectivity index (χ0n) is 14.6. The second kappa shape index (κ2) is 7.09. The molecule has 0 unspecified atom stereocenters. The quantitative estimate of drug-likeness (QED) is 0.500. The van der Waals surface area contributed by atoms with Crippen molar-refractivity contribution >= 4 is 42.3 Å². The fraction of sp³-hybridized carbons (Fsp3) is 0.100. The molecule has 27 heavy (non-hydrogen) atoms. The number of rotatable bonds is 5. The summed E-state index contributed by atoms with van der Waals surface area (Å²) >= 11 is 1.49. The second-order valence-electron chi connectivity index (χ2n) is 6.13. The lowest BCUT2D eigenvalue weighted by molar-refractivity contribution is 0.600. The van der Waals surface area contributed by atoms with Crippen molar-refractivity contribution in [3.05, 3.63) is 78.5 Å². The molecule has 0 aliphatic rings. The number of hydrogen-bond acceptors (Lipinski definition) is 6. The molecule has 4 rings (SSSR count). The van der Waals surface area contributed by atoms with Crippen LogP contribution in [0.4, 0.5) is 10.8 Å². The van der Waals surface area contributed by atoms with Crippen molar-refractivity contribution in [1.82, 2.24) is 9.97 Å². The molecule has 0 saturated heterocycles. The summed E-state index contributed by atoms with van der Waals surface area (Å²) in [4.78, 5) is 12.3. The van der Waals surface area contributed by atoms with Gasteiger partial charge in [-0.3, -0.25) is 0 Å². The van der Waals surface area contributed by atoms with Gasteiger partial charge < -0.3 is 4.90 Å². The van der Waals surface area contributed by atoms with E-state index in [0.717, 1.165) is 26.7 Å². The number of pyridine rings is 1. The number of para-hydroxylation sites is 1. The Labute approximate surface area is 161 Å². The number of thiazole rings is 1. The number of anilines is 2. The molecule has 5 nitrogen and oxygen atoms in total. The molecule has 0 amide bonds. The Morgan fingerprint density at radius 1 is 0.963 bits per heavy atom. The van der Waals surface area contributed by atoms with Crippen LogP contribution in [0.5, 0.6) is 0 Å². The third kappa shape index (κ3) is 3.70. The molecule has 0 aliphatic heterocycles. The summed E-state index contributed by atoms with van der Waals surface area (Å²) in [5.74, 6) is 0. The summed E-state index contributed by atoms with van der Waals surface area (Å²) in [5, 5.41) is 0.776. The van der Waals surface area contributed by atoms with Crippen LogP contribution < -0.4 is 4.90 Å². The first kappa shape index (κ1) is 17.6. The molecule has 2 aromatic carbocycles. The van der Waals surface area contributed by atoms with Crippen molar-refractivity contribution in [2.75, 3.05) is 11.2 Å². The second-order valence-corrected chi connectivity index (χ2v) is 9.07. The molecule has 7 heteroatoms. The summed E-state index contributed by atoms with van der Waals surface area (Å²) in [6.07, 6.45) is 2.98. The van der Waals surface area contributed by atoms with Crippen molar-refractivity contribution in [1.29, 1.82) is 0 Å². The van der Waals surface area contributed by atoms with Gasteiger partial charge in [-0.05, 0) is 35.9 Å². The van der Waals surface area contributed by atoms with Crippen molar-refractivity contribution in [2.24, 2.45) is 0 Å². The zero-order valence-corrected chi connectivity index (χ0v) is 16.2. The van der Waals surface area contributed by atoms with Gasteiger partial charge in [0.1, 0.15) is 10.3 Å². The predicted octanol–water partition coefficient (Wildman–Crippen LogP) is 4.43. The molecule has 2 heterocycles. The molecular weight excluding hydrogens is 378 g/mol. The fourth-order valence-electron chi connectivity index (χ4n) is 2.92. The number of benzene rings is 2. The van der Waals surface area contributed by atoms with Gasteiger partial charge in [-0.1, -0.05) is 47.7 Å². The first-order valence-corrected chi connectivity index (χ1v) is 11.1. The lowest BCUT2D eigenvalue weighted by Gasteiger charge is -2.23. The Balaban J connectivity index is 1.83. The number of hydrogen-bond donors (Lipinski definition) is 0. The van der Waals surface area contributed by atoms with Crippen LogP contribution in [0, 0.1) is 0 Å². The smallest absolute Gasteiger partial charge is 0.192 e. The Bertz CT molecular complexity index is 1160. The highest BCUT2D eigenvalue weighted by atomic mass is 32.2. The Morgan fingerprint density at radius 2 is 1.70 bits per heavy atom. The van der Waals surface area contributed by atoms with Crippen LogP contribution in [0.25, 0.3) is 10.3 Å². The monoisotopic (exact) mass is 395 g/mol. The summed E-state index contributed by atoms with van der Waals surface area (Å²) in [7, 11) is -3.32. The lowest BCUT2D eigenvalue weighted by Crippen LogP contribution is -2.18. The van der Waals surface area contributed by atoms with E-state index in [1.54, 1.807) is 18.3 Å². The average Bonchev–Trinajstić information content (AvgIpc) is 3.10. The topological polar surface area (TPSA) is 63.2 Å². The van der Waals surface area contributed by atoms with Crippen molar-refractivity contribution in [2.45, 2.75) is 11.4 Å². The van der Waals surface area contributed by atoms with Crippen molar-refractivity contribution in [3.8, 4) is 0 Å². The highest BCUT2D eigenvalue weighted by molar-refractivity contribution is 7.90. The first-order valence-electron chi connectivity index (χ1n) is 8.34. The third-order valence-electron chi connectivity index (χ3n) is 4.15. The van der Waals surface area contributed by atoms with E-state index in [2.05, 4.69) is 4.98 Å². The molecule has 0 atom stereocenters. The van der Waals surface area contributed by atoms with Crippen LogP contribution in [-0.2, 0) is 16.4 Å². The normalized spacial score (nSPS) is 11.6. The van der Waals surface area contributed by atoms with Gasteiger partial charge >= 0.3 is 0 Å². The number of nitrogens with zero attached hydrogens (tertiary/aromatic N) is 3. The Hall–Kier alpha value is -2.77. The van der Waals surface area contributed by atoms with E-state index in [0.29, 0.717) is 11.4 Å². The molecule has 0 saturated carbocycles. The van der Waals surface area contributed by atoms with Gasteiger partial charge in [0, 0.05) is 18.1 Å². The predicted molar refractivity (Wildman–Crippen MR) is 109 cm³/mol. The molecular formula is C20H17N3O2S2. The van der Waals surface area contributed by atoms with Crippen LogP contribution in [0.1, 0.15) is 5.56 Å². The van der Waals surface area contributed by atoms with Gasteiger partial charge in [-0.25, -0.2) is 18.4 Å². The summed E-state index contributed by atoms with van der Waals surface area (Å²) < 4.78 is 24.4. The molecule has 0 bridgehead atoms. The standard InChI is InChI=1S/C20H17N3O2S2/c1-27(24,25)18-12-6-5-8-15(18)14-23(16-9-3-2-4-10-16)20-22-17-11-7-13-21-19(17)26-20/h2-13H,14H2,1H3.